The molecule has 1 aliphatic rings. The largest absolute Gasteiger partial charge is 0.313 e. The van der Waals surface area contributed by atoms with E-state index in [2.05, 4.69) is 35.2 Å². The minimum absolute atomic E-state index is 0.694. The fraction of sp³-hybridized carbons (Fsp3) is 0.786. The second kappa shape index (κ2) is 6.34. The Morgan fingerprint density at radius 1 is 1.39 bits per heavy atom. The van der Waals surface area contributed by atoms with E-state index >= 15 is 0 Å². The molecule has 1 aromatic rings. The zero-order valence-corrected chi connectivity index (χ0v) is 11.9. The molecule has 1 N–H and O–H groups in total. The Bertz CT molecular complexity index is 350. The highest BCUT2D eigenvalue weighted by Gasteiger charge is 2.19. The SMILES string of the molecule is CC(C)N1CCC(NCCc2ccn(C)n2)CC1. The second-order valence-electron chi connectivity index (χ2n) is 5.59. The van der Waals surface area contributed by atoms with Crippen LogP contribution in [0.15, 0.2) is 12.3 Å². The van der Waals surface area contributed by atoms with Gasteiger partial charge in [-0.1, -0.05) is 0 Å². The van der Waals surface area contributed by atoms with Crippen molar-refractivity contribution in [2.75, 3.05) is 19.6 Å². The highest BCUT2D eigenvalue weighted by molar-refractivity contribution is 4.99. The Morgan fingerprint density at radius 2 is 2.11 bits per heavy atom. The molecule has 0 atom stereocenters. The van der Waals surface area contributed by atoms with Gasteiger partial charge in [-0.15, -0.1) is 0 Å². The number of rotatable bonds is 5. The average Bonchev–Trinajstić information content (AvgIpc) is 2.76. The lowest BCUT2D eigenvalue weighted by Gasteiger charge is -2.35. The summed E-state index contributed by atoms with van der Waals surface area (Å²) in [5.41, 5.74) is 1.18. The number of nitrogens with one attached hydrogen (secondary N) is 1. The van der Waals surface area contributed by atoms with E-state index in [1.165, 1.54) is 31.6 Å². The topological polar surface area (TPSA) is 33.1 Å². The van der Waals surface area contributed by atoms with E-state index in [4.69, 9.17) is 0 Å². The first kappa shape index (κ1) is 13.6. The third kappa shape index (κ3) is 3.82. The van der Waals surface area contributed by atoms with Crippen LogP contribution in [0, 0.1) is 0 Å². The fourth-order valence-electron chi connectivity index (χ4n) is 2.62. The van der Waals surface area contributed by atoms with Crippen LogP contribution < -0.4 is 5.32 Å². The number of hydrogen-bond acceptors (Lipinski definition) is 3. The number of nitrogens with zero attached hydrogens (tertiary/aromatic N) is 3. The van der Waals surface area contributed by atoms with Gasteiger partial charge in [0.1, 0.15) is 0 Å². The monoisotopic (exact) mass is 250 g/mol. The number of likely N-dealkylation sites (tertiary alicyclic amines) is 1. The summed E-state index contributed by atoms with van der Waals surface area (Å²) in [6.45, 7) is 8.09. The number of hydrogen-bond donors (Lipinski definition) is 1. The van der Waals surface area contributed by atoms with E-state index in [1.54, 1.807) is 0 Å². The number of aryl methyl sites for hydroxylation is 1. The standard InChI is InChI=1S/C14H26N4/c1-12(2)18-10-6-13(7-11-18)15-8-4-14-5-9-17(3)16-14/h5,9,12-13,15H,4,6-8,10-11H2,1-3H3. The Balaban J connectivity index is 1.63. The molecule has 4 heteroatoms. The zero-order chi connectivity index (χ0) is 13.0. The fourth-order valence-corrected chi connectivity index (χ4v) is 2.62. The maximum atomic E-state index is 4.40. The van der Waals surface area contributed by atoms with Gasteiger partial charge in [0.15, 0.2) is 0 Å². The van der Waals surface area contributed by atoms with Crippen molar-refractivity contribution < 1.29 is 0 Å². The van der Waals surface area contributed by atoms with Gasteiger partial charge in [-0.3, -0.25) is 4.68 Å². The quantitative estimate of drug-likeness (QED) is 0.858. The highest BCUT2D eigenvalue weighted by atomic mass is 15.2. The van der Waals surface area contributed by atoms with Crippen LogP contribution in [0.3, 0.4) is 0 Å². The molecule has 0 aliphatic carbocycles. The minimum atomic E-state index is 0.694. The number of piperidine rings is 1. The molecule has 0 unspecified atom stereocenters. The molecule has 1 fully saturated rings. The van der Waals surface area contributed by atoms with Crippen molar-refractivity contribution >= 4 is 0 Å². The van der Waals surface area contributed by atoms with E-state index in [0.717, 1.165) is 13.0 Å². The normalized spacial score (nSPS) is 18.7. The van der Waals surface area contributed by atoms with Crippen molar-refractivity contribution in [1.29, 1.82) is 0 Å². The summed E-state index contributed by atoms with van der Waals surface area (Å²) in [6.07, 6.45) is 5.60. The van der Waals surface area contributed by atoms with Gasteiger partial charge in [0.05, 0.1) is 5.69 Å². The van der Waals surface area contributed by atoms with Gasteiger partial charge in [-0.2, -0.15) is 5.10 Å². The van der Waals surface area contributed by atoms with Gasteiger partial charge in [0, 0.05) is 38.3 Å². The van der Waals surface area contributed by atoms with Gasteiger partial charge in [0.2, 0.25) is 0 Å². The Morgan fingerprint density at radius 3 is 2.67 bits per heavy atom. The van der Waals surface area contributed by atoms with Crippen molar-refractivity contribution in [2.24, 2.45) is 7.05 Å². The maximum absolute atomic E-state index is 4.40. The third-order valence-electron chi connectivity index (χ3n) is 3.84. The molecule has 18 heavy (non-hydrogen) atoms. The molecule has 4 nitrogen and oxygen atoms in total. The van der Waals surface area contributed by atoms with Crippen molar-refractivity contribution in [1.82, 2.24) is 20.0 Å². The van der Waals surface area contributed by atoms with Gasteiger partial charge in [-0.05, 0) is 45.8 Å². The van der Waals surface area contributed by atoms with Crippen LogP contribution in [0.2, 0.25) is 0 Å². The third-order valence-corrected chi connectivity index (χ3v) is 3.84. The lowest BCUT2D eigenvalue weighted by molar-refractivity contribution is 0.161. The van der Waals surface area contributed by atoms with Crippen LogP contribution in [0.5, 0.6) is 0 Å². The Kier molecular flexibility index (Phi) is 4.78. The van der Waals surface area contributed by atoms with Crippen molar-refractivity contribution in [3.63, 3.8) is 0 Å². The highest BCUT2D eigenvalue weighted by Crippen LogP contribution is 2.12. The lowest BCUT2D eigenvalue weighted by atomic mass is 10.0. The van der Waals surface area contributed by atoms with Crippen LogP contribution in [0.1, 0.15) is 32.4 Å². The van der Waals surface area contributed by atoms with E-state index in [0.29, 0.717) is 12.1 Å². The predicted octanol–water partition coefficient (Wildman–Crippen LogP) is 1.42. The summed E-state index contributed by atoms with van der Waals surface area (Å²) in [5, 5.41) is 8.06. The van der Waals surface area contributed by atoms with Crippen LogP contribution in [0.25, 0.3) is 0 Å². The summed E-state index contributed by atoms with van der Waals surface area (Å²) in [5.74, 6) is 0. The van der Waals surface area contributed by atoms with Crippen LogP contribution >= 0.6 is 0 Å². The van der Waals surface area contributed by atoms with Crippen molar-refractivity contribution in [2.45, 2.75) is 45.2 Å². The van der Waals surface area contributed by atoms with Gasteiger partial charge in [0.25, 0.3) is 0 Å². The lowest BCUT2D eigenvalue weighted by Crippen LogP contribution is -2.45. The molecule has 0 radical (unpaired) electrons. The molecule has 0 amide bonds. The van der Waals surface area contributed by atoms with Crippen molar-refractivity contribution in [3.05, 3.63) is 18.0 Å². The van der Waals surface area contributed by atoms with E-state index in [9.17, 15) is 0 Å². The van der Waals surface area contributed by atoms with Gasteiger partial charge < -0.3 is 10.2 Å². The molecule has 2 heterocycles. The summed E-state index contributed by atoms with van der Waals surface area (Å²) >= 11 is 0. The summed E-state index contributed by atoms with van der Waals surface area (Å²) < 4.78 is 1.87. The zero-order valence-electron chi connectivity index (χ0n) is 11.9. The molecule has 1 saturated heterocycles. The maximum Gasteiger partial charge on any atom is 0.0637 e. The summed E-state index contributed by atoms with van der Waals surface area (Å²) in [4.78, 5) is 2.57. The molecule has 102 valence electrons. The first-order valence-electron chi connectivity index (χ1n) is 7.11. The molecule has 0 aromatic carbocycles. The molecular formula is C14H26N4. The van der Waals surface area contributed by atoms with Crippen LogP contribution in [0.4, 0.5) is 0 Å². The van der Waals surface area contributed by atoms with E-state index < -0.39 is 0 Å². The van der Waals surface area contributed by atoms with E-state index in [1.807, 2.05) is 17.9 Å². The van der Waals surface area contributed by atoms with Gasteiger partial charge >= 0.3 is 0 Å². The smallest absolute Gasteiger partial charge is 0.0637 e. The van der Waals surface area contributed by atoms with E-state index in [-0.39, 0.29) is 0 Å². The average molecular weight is 250 g/mol. The minimum Gasteiger partial charge on any atom is -0.313 e. The molecule has 2 rings (SSSR count). The predicted molar refractivity (Wildman–Crippen MR) is 74.6 cm³/mol. The molecule has 0 bridgehead atoms. The number of aromatic nitrogens is 2. The first-order valence-corrected chi connectivity index (χ1v) is 7.11. The summed E-state index contributed by atoms with van der Waals surface area (Å²) in [7, 11) is 1.97. The molecule has 0 spiro atoms. The Labute approximate surface area is 110 Å². The molecule has 1 aromatic heterocycles. The van der Waals surface area contributed by atoms with Crippen molar-refractivity contribution in [3.8, 4) is 0 Å². The van der Waals surface area contributed by atoms with Crippen LogP contribution in [-0.2, 0) is 13.5 Å². The Hall–Kier alpha value is -0.870. The van der Waals surface area contributed by atoms with Gasteiger partial charge in [-0.25, -0.2) is 0 Å². The second-order valence-corrected chi connectivity index (χ2v) is 5.59. The molecule has 0 saturated carbocycles. The molecular weight excluding hydrogens is 224 g/mol. The van der Waals surface area contributed by atoms with Crippen LogP contribution in [-0.4, -0.2) is 46.4 Å². The molecule has 1 aliphatic heterocycles. The summed E-state index contributed by atoms with van der Waals surface area (Å²) in [6, 6.07) is 3.49. The first-order chi connectivity index (χ1) is 8.65.